The molecular formula is C17H19ClFNS. The van der Waals surface area contributed by atoms with Crippen LogP contribution in [0, 0.1) is 5.82 Å². The van der Waals surface area contributed by atoms with Crippen molar-refractivity contribution in [3.8, 4) is 0 Å². The second-order valence-corrected chi connectivity index (χ2v) is 6.08. The molecule has 1 unspecified atom stereocenters. The summed E-state index contributed by atoms with van der Waals surface area (Å²) in [6.45, 7) is 2.93. The minimum absolute atomic E-state index is 0.161. The predicted octanol–water partition coefficient (Wildman–Crippen LogP) is 5.29. The van der Waals surface area contributed by atoms with Crippen LogP contribution in [-0.4, -0.2) is 12.8 Å². The zero-order valence-corrected chi connectivity index (χ0v) is 13.8. The highest BCUT2D eigenvalue weighted by atomic mass is 35.5. The Balaban J connectivity index is 2.47. The molecule has 1 N–H and O–H groups in total. The molecule has 0 aromatic heterocycles. The summed E-state index contributed by atoms with van der Waals surface area (Å²) < 4.78 is 14.3. The van der Waals surface area contributed by atoms with Gasteiger partial charge in [0.1, 0.15) is 5.82 Å². The van der Waals surface area contributed by atoms with Crippen LogP contribution >= 0.6 is 23.4 Å². The molecule has 21 heavy (non-hydrogen) atoms. The van der Waals surface area contributed by atoms with Gasteiger partial charge in [0.25, 0.3) is 0 Å². The van der Waals surface area contributed by atoms with Gasteiger partial charge in [-0.05, 0) is 43.0 Å². The molecule has 0 saturated carbocycles. The number of halogens is 2. The van der Waals surface area contributed by atoms with Gasteiger partial charge < -0.3 is 5.32 Å². The van der Waals surface area contributed by atoms with E-state index in [0.717, 1.165) is 23.4 Å². The van der Waals surface area contributed by atoms with Crippen LogP contribution in [0.25, 0.3) is 0 Å². The normalized spacial score (nSPS) is 12.4. The summed E-state index contributed by atoms with van der Waals surface area (Å²) in [5.74, 6) is -0.271. The Labute approximate surface area is 134 Å². The molecule has 0 saturated heterocycles. The highest BCUT2D eigenvalue weighted by Crippen LogP contribution is 2.32. The van der Waals surface area contributed by atoms with E-state index >= 15 is 0 Å². The fourth-order valence-electron chi connectivity index (χ4n) is 2.32. The lowest BCUT2D eigenvalue weighted by Crippen LogP contribution is -2.24. The van der Waals surface area contributed by atoms with Crippen LogP contribution in [0.5, 0.6) is 0 Å². The maximum atomic E-state index is 14.3. The van der Waals surface area contributed by atoms with Crippen LogP contribution in [0.2, 0.25) is 5.02 Å². The first-order valence-corrected chi connectivity index (χ1v) is 8.59. The van der Waals surface area contributed by atoms with Crippen LogP contribution in [-0.2, 0) is 0 Å². The monoisotopic (exact) mass is 323 g/mol. The molecule has 0 amide bonds. The van der Waals surface area contributed by atoms with Crippen LogP contribution < -0.4 is 5.32 Å². The molecule has 2 rings (SSSR count). The van der Waals surface area contributed by atoms with Crippen LogP contribution in [0.1, 0.15) is 30.5 Å². The lowest BCUT2D eigenvalue weighted by molar-refractivity contribution is 0.542. The molecule has 1 nitrogen and oxygen atoms in total. The standard InChI is InChI=1S/C17H19ClFNS/c1-3-10-20-17(13-9-8-12(18)11-15(13)19)14-6-4-5-7-16(14)21-2/h4-9,11,17,20H,3,10H2,1-2H3. The van der Waals surface area contributed by atoms with Crippen molar-refractivity contribution in [1.82, 2.24) is 5.32 Å². The first kappa shape index (κ1) is 16.3. The van der Waals surface area contributed by atoms with E-state index in [2.05, 4.69) is 18.3 Å². The van der Waals surface area contributed by atoms with E-state index < -0.39 is 0 Å². The largest absolute Gasteiger partial charge is 0.306 e. The topological polar surface area (TPSA) is 12.0 Å². The highest BCUT2D eigenvalue weighted by Gasteiger charge is 2.19. The molecule has 4 heteroatoms. The van der Waals surface area contributed by atoms with Crippen molar-refractivity contribution in [3.05, 3.63) is 64.4 Å². The molecule has 2 aromatic rings. The number of hydrogen-bond acceptors (Lipinski definition) is 2. The van der Waals surface area contributed by atoms with E-state index in [4.69, 9.17) is 11.6 Å². The minimum atomic E-state index is -0.271. The molecule has 0 fully saturated rings. The highest BCUT2D eigenvalue weighted by molar-refractivity contribution is 7.98. The van der Waals surface area contributed by atoms with Gasteiger partial charge in [0, 0.05) is 15.5 Å². The Hall–Kier alpha value is -1.03. The van der Waals surface area contributed by atoms with Crippen molar-refractivity contribution in [2.45, 2.75) is 24.3 Å². The molecule has 0 aliphatic carbocycles. The summed E-state index contributed by atoms with van der Waals surface area (Å²) in [6, 6.07) is 12.8. The third-order valence-corrected chi connectivity index (χ3v) is 4.37. The van der Waals surface area contributed by atoms with Crippen molar-refractivity contribution >= 4 is 23.4 Å². The van der Waals surface area contributed by atoms with Gasteiger partial charge in [0.2, 0.25) is 0 Å². The molecule has 0 aliphatic heterocycles. The van der Waals surface area contributed by atoms with E-state index in [0.29, 0.717) is 10.6 Å². The summed E-state index contributed by atoms with van der Waals surface area (Å²) in [6.07, 6.45) is 3.03. The van der Waals surface area contributed by atoms with Gasteiger partial charge in [-0.3, -0.25) is 0 Å². The second-order valence-electron chi connectivity index (χ2n) is 4.79. The van der Waals surface area contributed by atoms with Crippen molar-refractivity contribution in [2.24, 2.45) is 0 Å². The molecule has 112 valence electrons. The third-order valence-electron chi connectivity index (χ3n) is 3.32. The first-order valence-electron chi connectivity index (χ1n) is 6.98. The molecule has 0 aliphatic rings. The SMILES string of the molecule is CCCNC(c1ccc(Cl)cc1F)c1ccccc1SC. The van der Waals surface area contributed by atoms with Gasteiger partial charge >= 0.3 is 0 Å². The molecular weight excluding hydrogens is 305 g/mol. The van der Waals surface area contributed by atoms with Gasteiger partial charge in [0.05, 0.1) is 6.04 Å². The maximum Gasteiger partial charge on any atom is 0.129 e. The van der Waals surface area contributed by atoms with Gasteiger partial charge in [-0.1, -0.05) is 42.8 Å². The minimum Gasteiger partial charge on any atom is -0.306 e. The van der Waals surface area contributed by atoms with Gasteiger partial charge in [-0.25, -0.2) is 4.39 Å². The summed E-state index contributed by atoms with van der Waals surface area (Å²) in [4.78, 5) is 1.15. The molecule has 0 heterocycles. The zero-order chi connectivity index (χ0) is 15.2. The van der Waals surface area contributed by atoms with Gasteiger partial charge in [-0.15, -0.1) is 11.8 Å². The summed E-state index contributed by atoms with van der Waals surface area (Å²) >= 11 is 7.54. The van der Waals surface area contributed by atoms with Crippen LogP contribution in [0.3, 0.4) is 0 Å². The number of benzene rings is 2. The Morgan fingerprint density at radius 2 is 1.95 bits per heavy atom. The van der Waals surface area contributed by atoms with E-state index in [1.165, 1.54) is 6.07 Å². The van der Waals surface area contributed by atoms with Crippen LogP contribution in [0.4, 0.5) is 4.39 Å². The molecule has 1 atom stereocenters. The van der Waals surface area contributed by atoms with Crippen molar-refractivity contribution in [3.63, 3.8) is 0 Å². The molecule has 2 aromatic carbocycles. The number of nitrogens with one attached hydrogen (secondary N) is 1. The smallest absolute Gasteiger partial charge is 0.129 e. The quantitative estimate of drug-likeness (QED) is 0.725. The maximum absolute atomic E-state index is 14.3. The van der Waals surface area contributed by atoms with E-state index in [1.807, 2.05) is 24.5 Å². The molecule has 0 bridgehead atoms. The lowest BCUT2D eigenvalue weighted by atomic mass is 9.98. The average Bonchev–Trinajstić information content (AvgIpc) is 2.49. The third kappa shape index (κ3) is 4.00. The number of hydrogen-bond donors (Lipinski definition) is 1. The number of thioether (sulfide) groups is 1. The van der Waals surface area contributed by atoms with Crippen LogP contribution in [0.15, 0.2) is 47.4 Å². The second kappa shape index (κ2) is 7.83. The Bertz CT molecular complexity index is 603. The summed E-state index contributed by atoms with van der Waals surface area (Å²) in [7, 11) is 0. The first-order chi connectivity index (χ1) is 10.2. The fraction of sp³-hybridized carbons (Fsp3) is 0.294. The molecule has 0 radical (unpaired) electrons. The van der Waals surface area contributed by atoms with E-state index in [1.54, 1.807) is 23.9 Å². The fourth-order valence-corrected chi connectivity index (χ4v) is 3.11. The van der Waals surface area contributed by atoms with Crippen molar-refractivity contribution in [2.75, 3.05) is 12.8 Å². The Morgan fingerprint density at radius 1 is 1.19 bits per heavy atom. The Morgan fingerprint density at radius 3 is 2.62 bits per heavy atom. The Kier molecular flexibility index (Phi) is 6.09. The zero-order valence-electron chi connectivity index (χ0n) is 12.2. The summed E-state index contributed by atoms with van der Waals surface area (Å²) in [5.41, 5.74) is 1.73. The summed E-state index contributed by atoms with van der Waals surface area (Å²) in [5, 5.41) is 3.86. The van der Waals surface area contributed by atoms with E-state index in [9.17, 15) is 4.39 Å². The van der Waals surface area contributed by atoms with Gasteiger partial charge in [-0.2, -0.15) is 0 Å². The lowest BCUT2D eigenvalue weighted by Gasteiger charge is -2.22. The number of rotatable bonds is 6. The van der Waals surface area contributed by atoms with Crippen molar-refractivity contribution < 1.29 is 4.39 Å². The predicted molar refractivity (Wildman–Crippen MR) is 89.8 cm³/mol. The average molecular weight is 324 g/mol. The van der Waals surface area contributed by atoms with E-state index in [-0.39, 0.29) is 11.9 Å². The molecule has 0 spiro atoms. The van der Waals surface area contributed by atoms with Crippen molar-refractivity contribution in [1.29, 1.82) is 0 Å². The van der Waals surface area contributed by atoms with Gasteiger partial charge in [0.15, 0.2) is 0 Å².